The smallest absolute Gasteiger partial charge is 0.121 e. The molecule has 0 aliphatic rings. The minimum absolute atomic E-state index is 0.705. The summed E-state index contributed by atoms with van der Waals surface area (Å²) in [5.41, 5.74) is 2.42. The van der Waals surface area contributed by atoms with Crippen molar-refractivity contribution in [3.05, 3.63) is 66.4 Å². The molecule has 0 saturated carbocycles. The van der Waals surface area contributed by atoms with Crippen LogP contribution in [-0.2, 0) is 6.42 Å². The summed E-state index contributed by atoms with van der Waals surface area (Å²) in [6, 6.07) is 18.6. The second-order valence-electron chi connectivity index (χ2n) is 4.31. The minimum Gasteiger partial charge on any atom is -0.493 e. The third-order valence-corrected chi connectivity index (χ3v) is 3.03. The second kappa shape index (κ2) is 4.96. The summed E-state index contributed by atoms with van der Waals surface area (Å²) >= 11 is 0. The molecule has 0 spiro atoms. The molecule has 1 heterocycles. The molecule has 0 fully saturated rings. The van der Waals surface area contributed by atoms with E-state index in [9.17, 15) is 0 Å². The van der Waals surface area contributed by atoms with E-state index in [2.05, 4.69) is 41.4 Å². The number of aromatic amines is 1. The van der Waals surface area contributed by atoms with E-state index < -0.39 is 0 Å². The maximum absolute atomic E-state index is 5.77. The van der Waals surface area contributed by atoms with Gasteiger partial charge in [0.25, 0.3) is 0 Å². The van der Waals surface area contributed by atoms with Crippen LogP contribution in [0.15, 0.2) is 60.8 Å². The van der Waals surface area contributed by atoms with Crippen LogP contribution in [0.1, 0.15) is 5.56 Å². The number of hydrogen-bond acceptors (Lipinski definition) is 1. The molecule has 18 heavy (non-hydrogen) atoms. The van der Waals surface area contributed by atoms with Crippen molar-refractivity contribution in [2.45, 2.75) is 6.42 Å². The molecule has 3 aromatic rings. The monoisotopic (exact) mass is 237 g/mol. The van der Waals surface area contributed by atoms with Gasteiger partial charge in [-0.15, -0.1) is 0 Å². The number of nitrogens with one attached hydrogen (secondary N) is 1. The lowest BCUT2D eigenvalue weighted by molar-refractivity contribution is 0.322. The lowest BCUT2D eigenvalue weighted by atomic mass is 10.2. The zero-order chi connectivity index (χ0) is 12.2. The average molecular weight is 237 g/mol. The van der Waals surface area contributed by atoms with E-state index in [-0.39, 0.29) is 0 Å². The predicted molar refractivity (Wildman–Crippen MR) is 73.9 cm³/mol. The highest BCUT2D eigenvalue weighted by molar-refractivity contribution is 5.80. The third-order valence-electron chi connectivity index (χ3n) is 3.03. The van der Waals surface area contributed by atoms with Crippen LogP contribution in [-0.4, -0.2) is 11.6 Å². The fourth-order valence-corrected chi connectivity index (χ4v) is 2.05. The largest absolute Gasteiger partial charge is 0.493 e. The molecule has 0 amide bonds. The third kappa shape index (κ3) is 2.38. The number of benzene rings is 2. The molecule has 2 nitrogen and oxygen atoms in total. The van der Waals surface area contributed by atoms with Gasteiger partial charge in [0.2, 0.25) is 0 Å². The molecule has 1 N–H and O–H groups in total. The molecule has 90 valence electrons. The maximum atomic E-state index is 5.77. The van der Waals surface area contributed by atoms with Gasteiger partial charge in [-0.05, 0) is 29.1 Å². The lowest BCUT2D eigenvalue weighted by Crippen LogP contribution is -2.00. The van der Waals surface area contributed by atoms with E-state index in [0.29, 0.717) is 6.61 Å². The zero-order valence-electron chi connectivity index (χ0n) is 10.1. The number of ether oxygens (including phenoxy) is 1. The zero-order valence-corrected chi connectivity index (χ0v) is 10.1. The highest BCUT2D eigenvalue weighted by Crippen LogP contribution is 2.19. The topological polar surface area (TPSA) is 25.0 Å². The number of fused-ring (bicyclic) bond motifs is 1. The molecule has 0 bridgehead atoms. The van der Waals surface area contributed by atoms with Crippen LogP contribution in [0.2, 0.25) is 0 Å². The summed E-state index contributed by atoms with van der Waals surface area (Å²) in [4.78, 5) is 3.19. The van der Waals surface area contributed by atoms with Crippen LogP contribution < -0.4 is 4.74 Å². The van der Waals surface area contributed by atoms with Crippen LogP contribution in [0.3, 0.4) is 0 Å². The van der Waals surface area contributed by atoms with E-state index >= 15 is 0 Å². The lowest BCUT2D eigenvalue weighted by Gasteiger charge is -2.06. The van der Waals surface area contributed by atoms with Crippen molar-refractivity contribution < 1.29 is 4.74 Å². The molecule has 0 aliphatic heterocycles. The van der Waals surface area contributed by atoms with E-state index in [1.165, 1.54) is 10.9 Å². The first-order chi connectivity index (χ1) is 8.92. The van der Waals surface area contributed by atoms with Crippen LogP contribution in [0.5, 0.6) is 5.75 Å². The van der Waals surface area contributed by atoms with E-state index in [4.69, 9.17) is 4.74 Å². The Morgan fingerprint density at radius 1 is 0.944 bits per heavy atom. The van der Waals surface area contributed by atoms with Crippen LogP contribution in [0, 0.1) is 0 Å². The first kappa shape index (κ1) is 10.9. The molecule has 2 aromatic carbocycles. The highest BCUT2D eigenvalue weighted by Gasteiger charge is 1.98. The van der Waals surface area contributed by atoms with Gasteiger partial charge in [-0.1, -0.05) is 30.3 Å². The highest BCUT2D eigenvalue weighted by atomic mass is 16.5. The summed E-state index contributed by atoms with van der Waals surface area (Å²) in [5.74, 6) is 0.917. The second-order valence-corrected chi connectivity index (χ2v) is 4.31. The summed E-state index contributed by atoms with van der Waals surface area (Å²) in [7, 11) is 0. The van der Waals surface area contributed by atoms with Crippen molar-refractivity contribution in [2.24, 2.45) is 0 Å². The molecular weight excluding hydrogens is 222 g/mol. The Morgan fingerprint density at radius 2 is 1.83 bits per heavy atom. The van der Waals surface area contributed by atoms with Gasteiger partial charge in [0.1, 0.15) is 5.75 Å². The molecule has 0 radical (unpaired) electrons. The van der Waals surface area contributed by atoms with Gasteiger partial charge in [-0.3, -0.25) is 0 Å². The van der Waals surface area contributed by atoms with Crippen molar-refractivity contribution in [3.8, 4) is 5.75 Å². The Bertz CT molecular complexity index is 628. The maximum Gasteiger partial charge on any atom is 0.121 e. The van der Waals surface area contributed by atoms with E-state index in [1.54, 1.807) is 0 Å². The van der Waals surface area contributed by atoms with Gasteiger partial charge in [0.05, 0.1) is 6.61 Å². The van der Waals surface area contributed by atoms with Crippen molar-refractivity contribution >= 4 is 10.9 Å². The number of hydrogen-bond donors (Lipinski definition) is 1. The molecular formula is C16H15NO. The normalized spacial score (nSPS) is 10.7. The van der Waals surface area contributed by atoms with Crippen molar-refractivity contribution in [2.75, 3.05) is 6.61 Å². The Balaban J connectivity index is 1.62. The minimum atomic E-state index is 0.705. The molecule has 0 unspecified atom stereocenters. The molecule has 0 atom stereocenters. The van der Waals surface area contributed by atoms with Crippen molar-refractivity contribution in [1.29, 1.82) is 0 Å². The van der Waals surface area contributed by atoms with Gasteiger partial charge >= 0.3 is 0 Å². The van der Waals surface area contributed by atoms with Gasteiger partial charge in [0, 0.05) is 24.2 Å². The number of H-pyrrole nitrogens is 1. The van der Waals surface area contributed by atoms with Crippen LogP contribution in [0.4, 0.5) is 0 Å². The van der Waals surface area contributed by atoms with Crippen molar-refractivity contribution in [1.82, 2.24) is 4.98 Å². The predicted octanol–water partition coefficient (Wildman–Crippen LogP) is 3.79. The van der Waals surface area contributed by atoms with E-state index in [1.807, 2.05) is 24.4 Å². The quantitative estimate of drug-likeness (QED) is 0.733. The van der Waals surface area contributed by atoms with Gasteiger partial charge < -0.3 is 9.72 Å². The Labute approximate surface area is 106 Å². The molecule has 0 aliphatic carbocycles. The average Bonchev–Trinajstić information content (AvgIpc) is 2.87. The van der Waals surface area contributed by atoms with Gasteiger partial charge in [-0.25, -0.2) is 0 Å². The summed E-state index contributed by atoms with van der Waals surface area (Å²) < 4.78 is 5.77. The fraction of sp³-hybridized carbons (Fsp3) is 0.125. The Morgan fingerprint density at radius 3 is 2.72 bits per heavy atom. The Hall–Kier alpha value is -2.22. The molecule has 1 aromatic heterocycles. The SMILES string of the molecule is c1ccc(CCOc2ccc3cc[nH]c3c2)cc1. The number of rotatable bonds is 4. The Kier molecular flexibility index (Phi) is 3.01. The standard InChI is InChI=1S/C16H15NO/c1-2-4-13(5-3-1)9-11-18-15-7-6-14-8-10-17-16(14)12-15/h1-8,10,12,17H,9,11H2. The molecule has 2 heteroatoms. The fourth-order valence-electron chi connectivity index (χ4n) is 2.05. The van der Waals surface area contributed by atoms with Gasteiger partial charge in [-0.2, -0.15) is 0 Å². The van der Waals surface area contributed by atoms with Crippen LogP contribution >= 0.6 is 0 Å². The first-order valence-corrected chi connectivity index (χ1v) is 6.16. The summed E-state index contributed by atoms with van der Waals surface area (Å²) in [5, 5.41) is 1.21. The first-order valence-electron chi connectivity index (χ1n) is 6.16. The van der Waals surface area contributed by atoms with Gasteiger partial charge in [0.15, 0.2) is 0 Å². The number of aromatic nitrogens is 1. The van der Waals surface area contributed by atoms with E-state index in [0.717, 1.165) is 17.7 Å². The summed E-state index contributed by atoms with van der Waals surface area (Å²) in [6.45, 7) is 0.705. The molecule has 0 saturated heterocycles. The van der Waals surface area contributed by atoms with Crippen LogP contribution in [0.25, 0.3) is 10.9 Å². The van der Waals surface area contributed by atoms with Crippen molar-refractivity contribution in [3.63, 3.8) is 0 Å². The summed E-state index contributed by atoms with van der Waals surface area (Å²) in [6.07, 6.45) is 2.88. The molecule has 3 rings (SSSR count).